The lowest BCUT2D eigenvalue weighted by Gasteiger charge is -2.14. The Bertz CT molecular complexity index is 847. The maximum atomic E-state index is 13.1. The van der Waals surface area contributed by atoms with E-state index in [4.69, 9.17) is 16.3 Å². The molecule has 148 valence electrons. The lowest BCUT2D eigenvalue weighted by Crippen LogP contribution is -2.32. The average Bonchev–Trinajstić information content (AvgIpc) is 2.60. The van der Waals surface area contributed by atoms with Crippen molar-refractivity contribution in [2.24, 2.45) is 0 Å². The third-order valence-corrected chi connectivity index (χ3v) is 4.45. The van der Waals surface area contributed by atoms with Crippen LogP contribution in [0.2, 0.25) is 5.02 Å². The first-order valence-electron chi connectivity index (χ1n) is 8.26. The quantitative estimate of drug-likeness (QED) is 0.518. The highest BCUT2D eigenvalue weighted by molar-refractivity contribution is 7.92. The molecule has 2 aromatic rings. The first-order chi connectivity index (χ1) is 12.7. The summed E-state index contributed by atoms with van der Waals surface area (Å²) in [5.41, 5.74) is 1.34. The van der Waals surface area contributed by atoms with E-state index in [1.165, 1.54) is 6.07 Å². The fourth-order valence-electron chi connectivity index (χ4n) is 2.28. The van der Waals surface area contributed by atoms with Gasteiger partial charge in [0.1, 0.15) is 24.3 Å². The SMILES string of the molecule is CS(=O)(=O)Nc1ccc(OC[C@@H](O)CNCCc2ccc(F)c(Cl)c2)cc1. The smallest absolute Gasteiger partial charge is 0.229 e. The van der Waals surface area contributed by atoms with Crippen LogP contribution in [0.4, 0.5) is 10.1 Å². The highest BCUT2D eigenvalue weighted by atomic mass is 35.5. The Morgan fingerprint density at radius 3 is 2.56 bits per heavy atom. The first kappa shape index (κ1) is 21.4. The molecule has 0 bridgehead atoms. The molecule has 0 aliphatic heterocycles. The Morgan fingerprint density at radius 2 is 1.93 bits per heavy atom. The van der Waals surface area contributed by atoms with Gasteiger partial charge in [0.05, 0.1) is 11.3 Å². The minimum Gasteiger partial charge on any atom is -0.491 e. The topological polar surface area (TPSA) is 87.7 Å². The van der Waals surface area contributed by atoms with Crippen molar-refractivity contribution in [3.05, 3.63) is 58.9 Å². The van der Waals surface area contributed by atoms with Gasteiger partial charge >= 0.3 is 0 Å². The van der Waals surface area contributed by atoms with Gasteiger partial charge in [-0.15, -0.1) is 0 Å². The normalized spacial score (nSPS) is 12.6. The molecule has 0 aliphatic rings. The van der Waals surface area contributed by atoms with Gasteiger partial charge in [0, 0.05) is 12.2 Å². The van der Waals surface area contributed by atoms with Crippen molar-refractivity contribution in [2.75, 3.05) is 30.7 Å². The second-order valence-electron chi connectivity index (χ2n) is 6.07. The van der Waals surface area contributed by atoms with E-state index in [9.17, 15) is 17.9 Å². The Balaban J connectivity index is 1.67. The second kappa shape index (κ2) is 9.89. The maximum absolute atomic E-state index is 13.1. The van der Waals surface area contributed by atoms with E-state index < -0.39 is 21.9 Å². The highest BCUT2D eigenvalue weighted by Gasteiger charge is 2.07. The number of anilines is 1. The van der Waals surface area contributed by atoms with Gasteiger partial charge < -0.3 is 15.2 Å². The predicted octanol–water partition coefficient (Wildman–Crippen LogP) is 2.42. The maximum Gasteiger partial charge on any atom is 0.229 e. The van der Waals surface area contributed by atoms with E-state index in [2.05, 4.69) is 10.0 Å². The van der Waals surface area contributed by atoms with Gasteiger partial charge in [0.25, 0.3) is 0 Å². The first-order valence-corrected chi connectivity index (χ1v) is 10.5. The van der Waals surface area contributed by atoms with E-state index in [1.54, 1.807) is 36.4 Å². The molecule has 0 aliphatic carbocycles. The molecule has 0 amide bonds. The molecule has 0 saturated heterocycles. The zero-order chi connectivity index (χ0) is 19.9. The van der Waals surface area contributed by atoms with Crippen molar-refractivity contribution in [3.8, 4) is 5.75 Å². The number of halogens is 2. The molecular weight excluding hydrogens is 395 g/mol. The lowest BCUT2D eigenvalue weighted by atomic mass is 10.1. The van der Waals surface area contributed by atoms with E-state index in [0.29, 0.717) is 30.9 Å². The Hall–Kier alpha value is -1.87. The van der Waals surface area contributed by atoms with Crippen LogP contribution in [0.3, 0.4) is 0 Å². The van der Waals surface area contributed by atoms with Crippen LogP contribution in [0, 0.1) is 5.82 Å². The average molecular weight is 417 g/mol. The van der Waals surface area contributed by atoms with Crippen LogP contribution in [0.5, 0.6) is 5.75 Å². The third kappa shape index (κ3) is 8.13. The molecule has 0 heterocycles. The minimum atomic E-state index is -3.32. The highest BCUT2D eigenvalue weighted by Crippen LogP contribution is 2.17. The van der Waals surface area contributed by atoms with Gasteiger partial charge in [-0.3, -0.25) is 4.72 Å². The molecule has 6 nitrogen and oxygen atoms in total. The van der Waals surface area contributed by atoms with E-state index in [-0.39, 0.29) is 11.6 Å². The molecular formula is C18H22ClFN2O4S. The van der Waals surface area contributed by atoms with Crippen LogP contribution in [0.1, 0.15) is 5.56 Å². The number of hydrogen-bond acceptors (Lipinski definition) is 5. The van der Waals surface area contributed by atoms with Crippen LogP contribution < -0.4 is 14.8 Å². The Labute approximate surface area is 163 Å². The fraction of sp³-hybridized carbons (Fsp3) is 0.333. The van der Waals surface area contributed by atoms with Crippen LogP contribution in [-0.4, -0.2) is 45.6 Å². The Morgan fingerprint density at radius 1 is 1.22 bits per heavy atom. The summed E-state index contributed by atoms with van der Waals surface area (Å²) in [4.78, 5) is 0. The van der Waals surface area contributed by atoms with Crippen molar-refractivity contribution in [1.82, 2.24) is 5.32 Å². The fourth-order valence-corrected chi connectivity index (χ4v) is 3.05. The summed E-state index contributed by atoms with van der Waals surface area (Å²) < 4.78 is 43.2. The van der Waals surface area contributed by atoms with E-state index in [0.717, 1.165) is 11.8 Å². The number of benzene rings is 2. The van der Waals surface area contributed by atoms with Crippen molar-refractivity contribution >= 4 is 27.3 Å². The van der Waals surface area contributed by atoms with Gasteiger partial charge in [0.15, 0.2) is 0 Å². The number of aliphatic hydroxyl groups excluding tert-OH is 1. The lowest BCUT2D eigenvalue weighted by molar-refractivity contribution is 0.106. The van der Waals surface area contributed by atoms with Crippen molar-refractivity contribution in [1.29, 1.82) is 0 Å². The van der Waals surface area contributed by atoms with Crippen LogP contribution in [0.25, 0.3) is 0 Å². The molecule has 0 fully saturated rings. The molecule has 2 rings (SSSR count). The monoisotopic (exact) mass is 416 g/mol. The zero-order valence-electron chi connectivity index (χ0n) is 14.8. The van der Waals surface area contributed by atoms with E-state index >= 15 is 0 Å². The van der Waals surface area contributed by atoms with Crippen molar-refractivity contribution in [2.45, 2.75) is 12.5 Å². The number of nitrogens with one attached hydrogen (secondary N) is 2. The van der Waals surface area contributed by atoms with Crippen LogP contribution >= 0.6 is 11.6 Å². The molecule has 0 unspecified atom stereocenters. The summed E-state index contributed by atoms with van der Waals surface area (Å²) in [6, 6.07) is 11.0. The van der Waals surface area contributed by atoms with E-state index in [1.807, 2.05) is 0 Å². The second-order valence-corrected chi connectivity index (χ2v) is 8.22. The summed E-state index contributed by atoms with van der Waals surface area (Å²) in [7, 11) is -3.32. The molecule has 0 spiro atoms. The molecule has 0 radical (unpaired) electrons. The van der Waals surface area contributed by atoms with Gasteiger partial charge in [-0.05, 0) is 54.9 Å². The largest absolute Gasteiger partial charge is 0.491 e. The summed E-state index contributed by atoms with van der Waals surface area (Å²) in [6.45, 7) is 1.03. The molecule has 0 saturated carbocycles. The van der Waals surface area contributed by atoms with Gasteiger partial charge in [-0.1, -0.05) is 17.7 Å². The number of rotatable bonds is 10. The van der Waals surface area contributed by atoms with Crippen LogP contribution in [-0.2, 0) is 16.4 Å². The Kier molecular flexibility index (Phi) is 7.85. The summed E-state index contributed by atoms with van der Waals surface area (Å²) >= 11 is 5.73. The molecule has 9 heteroatoms. The molecule has 3 N–H and O–H groups in total. The van der Waals surface area contributed by atoms with Crippen molar-refractivity contribution in [3.63, 3.8) is 0 Å². The van der Waals surface area contributed by atoms with Gasteiger partial charge in [-0.25, -0.2) is 12.8 Å². The predicted molar refractivity (Wildman–Crippen MR) is 104 cm³/mol. The minimum absolute atomic E-state index is 0.0915. The van der Waals surface area contributed by atoms with Crippen LogP contribution in [0.15, 0.2) is 42.5 Å². The standard InChI is InChI=1S/C18H22ClFN2O4S/c1-27(24,25)22-14-3-5-16(6-4-14)26-12-15(23)11-21-9-8-13-2-7-18(20)17(19)10-13/h2-7,10,15,21-23H,8-9,11-12H2,1H3/t15-/m0/s1. The summed E-state index contributed by atoms with van der Waals surface area (Å²) in [5, 5.41) is 13.1. The molecule has 0 aromatic heterocycles. The number of aliphatic hydroxyl groups is 1. The van der Waals surface area contributed by atoms with Crippen molar-refractivity contribution < 1.29 is 22.7 Å². The third-order valence-electron chi connectivity index (χ3n) is 3.55. The zero-order valence-corrected chi connectivity index (χ0v) is 16.4. The molecule has 2 aromatic carbocycles. The van der Waals surface area contributed by atoms with Gasteiger partial charge in [0.2, 0.25) is 10.0 Å². The summed E-state index contributed by atoms with van der Waals surface area (Å²) in [5.74, 6) is 0.0788. The molecule has 1 atom stereocenters. The number of ether oxygens (including phenoxy) is 1. The molecule has 27 heavy (non-hydrogen) atoms. The van der Waals surface area contributed by atoms with Gasteiger partial charge in [-0.2, -0.15) is 0 Å². The number of hydrogen-bond donors (Lipinski definition) is 3. The summed E-state index contributed by atoms with van der Waals surface area (Å²) in [6.07, 6.45) is 1.02. The number of sulfonamides is 1.